The van der Waals surface area contributed by atoms with Crippen LogP contribution in [0.3, 0.4) is 0 Å². The maximum atomic E-state index is 13.7. The molecule has 0 bridgehead atoms. The zero-order chi connectivity index (χ0) is 23.4. The van der Waals surface area contributed by atoms with Gasteiger partial charge in [-0.1, -0.05) is 44.9 Å². The molecule has 8 heteroatoms. The van der Waals surface area contributed by atoms with E-state index in [1.165, 1.54) is 12.5 Å². The minimum absolute atomic E-state index is 0.0617. The third kappa shape index (κ3) is 5.76. The van der Waals surface area contributed by atoms with Crippen LogP contribution in [0.5, 0.6) is 5.75 Å². The summed E-state index contributed by atoms with van der Waals surface area (Å²) >= 11 is 6.38. The first-order chi connectivity index (χ1) is 15.2. The fourth-order valence-corrected chi connectivity index (χ4v) is 4.36. The van der Waals surface area contributed by atoms with Gasteiger partial charge in [0.15, 0.2) is 0 Å². The van der Waals surface area contributed by atoms with Gasteiger partial charge in [0, 0.05) is 5.69 Å². The maximum absolute atomic E-state index is 13.7. The SMILES string of the molecule is CC1CCC(C(C)C)C(Oc2ccc(NC(=O)NC(=O)c3c(F)cccc3F)cc2Cl)C1. The van der Waals surface area contributed by atoms with E-state index in [-0.39, 0.29) is 6.10 Å². The Bertz CT molecular complexity index is 979. The van der Waals surface area contributed by atoms with Gasteiger partial charge in [0.1, 0.15) is 29.1 Å². The second-order valence-corrected chi connectivity index (χ2v) is 9.04. The van der Waals surface area contributed by atoms with E-state index < -0.39 is 29.1 Å². The van der Waals surface area contributed by atoms with E-state index in [4.69, 9.17) is 16.3 Å². The molecule has 2 aromatic carbocycles. The number of hydrogen-bond donors (Lipinski definition) is 2. The summed E-state index contributed by atoms with van der Waals surface area (Å²) in [6.07, 6.45) is 3.31. The molecule has 3 amide bonds. The number of ether oxygens (including phenoxy) is 1. The quantitative estimate of drug-likeness (QED) is 0.536. The number of rotatable bonds is 5. The van der Waals surface area contributed by atoms with E-state index in [1.807, 2.05) is 5.32 Å². The van der Waals surface area contributed by atoms with Crippen LogP contribution in [0.15, 0.2) is 36.4 Å². The summed E-state index contributed by atoms with van der Waals surface area (Å²) in [5, 5.41) is 4.65. The molecule has 1 aliphatic carbocycles. The van der Waals surface area contributed by atoms with Crippen molar-refractivity contribution in [3.8, 4) is 5.75 Å². The van der Waals surface area contributed by atoms with Crippen LogP contribution in [0, 0.1) is 29.4 Å². The molecule has 1 aliphatic rings. The van der Waals surface area contributed by atoms with Crippen molar-refractivity contribution in [1.29, 1.82) is 0 Å². The van der Waals surface area contributed by atoms with Crippen molar-refractivity contribution in [3.05, 3.63) is 58.6 Å². The Labute approximate surface area is 191 Å². The number of halogens is 3. The summed E-state index contributed by atoms with van der Waals surface area (Å²) in [4.78, 5) is 24.2. The summed E-state index contributed by atoms with van der Waals surface area (Å²) < 4.78 is 33.7. The molecule has 172 valence electrons. The number of benzene rings is 2. The lowest BCUT2D eigenvalue weighted by Gasteiger charge is -2.37. The third-order valence-electron chi connectivity index (χ3n) is 5.85. The number of anilines is 1. The van der Waals surface area contributed by atoms with Crippen LogP contribution in [0.2, 0.25) is 5.02 Å². The van der Waals surface area contributed by atoms with Crippen LogP contribution >= 0.6 is 11.6 Å². The Morgan fingerprint density at radius 3 is 2.44 bits per heavy atom. The zero-order valence-corrected chi connectivity index (χ0v) is 19.0. The fourth-order valence-electron chi connectivity index (χ4n) is 4.13. The molecular formula is C24H27ClF2N2O3. The topological polar surface area (TPSA) is 67.4 Å². The first-order valence-electron chi connectivity index (χ1n) is 10.7. The number of hydrogen-bond acceptors (Lipinski definition) is 3. The van der Waals surface area contributed by atoms with Gasteiger partial charge < -0.3 is 10.1 Å². The summed E-state index contributed by atoms with van der Waals surface area (Å²) in [6, 6.07) is 6.81. The molecule has 3 unspecified atom stereocenters. The molecule has 5 nitrogen and oxygen atoms in total. The van der Waals surface area contributed by atoms with Crippen LogP contribution < -0.4 is 15.4 Å². The third-order valence-corrected chi connectivity index (χ3v) is 6.14. The van der Waals surface area contributed by atoms with E-state index in [2.05, 4.69) is 26.1 Å². The molecule has 32 heavy (non-hydrogen) atoms. The number of carbonyl (C=O) groups excluding carboxylic acids is 2. The van der Waals surface area contributed by atoms with Crippen LogP contribution in [0.25, 0.3) is 0 Å². The van der Waals surface area contributed by atoms with Crippen molar-refractivity contribution in [2.75, 3.05) is 5.32 Å². The van der Waals surface area contributed by atoms with Crippen LogP contribution in [0.4, 0.5) is 19.3 Å². The normalized spacial score (nSPS) is 20.7. The zero-order valence-electron chi connectivity index (χ0n) is 18.3. The van der Waals surface area contributed by atoms with Crippen LogP contribution in [0.1, 0.15) is 50.4 Å². The van der Waals surface area contributed by atoms with Gasteiger partial charge in [-0.15, -0.1) is 0 Å². The standard InChI is InChI=1S/C24H27ClF2N2O3/c1-13(2)16-9-7-14(3)11-21(16)32-20-10-8-15(12-17(20)25)28-24(31)29-23(30)22-18(26)5-4-6-19(22)27/h4-6,8,10,12-14,16,21H,7,9,11H2,1-3H3,(H2,28,29,30,31). The summed E-state index contributed by atoms with van der Waals surface area (Å²) in [7, 11) is 0. The summed E-state index contributed by atoms with van der Waals surface area (Å²) in [5.74, 6) is -1.27. The lowest BCUT2D eigenvalue weighted by atomic mass is 9.75. The second kappa shape index (κ2) is 10.3. The predicted molar refractivity (Wildman–Crippen MR) is 120 cm³/mol. The minimum Gasteiger partial charge on any atom is -0.489 e. The van der Waals surface area contributed by atoms with Gasteiger partial charge in [0.05, 0.1) is 5.02 Å². The largest absolute Gasteiger partial charge is 0.489 e. The minimum atomic E-state index is -1.18. The van der Waals surface area contributed by atoms with E-state index in [0.717, 1.165) is 31.0 Å². The van der Waals surface area contributed by atoms with Crippen molar-refractivity contribution in [2.45, 2.75) is 46.1 Å². The van der Waals surface area contributed by atoms with Crippen LogP contribution in [-0.2, 0) is 0 Å². The van der Waals surface area contributed by atoms with Gasteiger partial charge >= 0.3 is 6.03 Å². The van der Waals surface area contributed by atoms with Crippen molar-refractivity contribution in [3.63, 3.8) is 0 Å². The van der Waals surface area contributed by atoms with Gasteiger partial charge in [-0.25, -0.2) is 13.6 Å². The lowest BCUT2D eigenvalue weighted by molar-refractivity contribution is 0.0461. The Kier molecular flexibility index (Phi) is 7.72. The maximum Gasteiger partial charge on any atom is 0.326 e. The average Bonchev–Trinajstić information content (AvgIpc) is 2.69. The molecule has 0 saturated heterocycles. The number of imide groups is 1. The smallest absolute Gasteiger partial charge is 0.326 e. The summed E-state index contributed by atoms with van der Waals surface area (Å²) in [5.41, 5.74) is -0.523. The average molecular weight is 465 g/mol. The van der Waals surface area contributed by atoms with E-state index >= 15 is 0 Å². The van der Waals surface area contributed by atoms with E-state index in [9.17, 15) is 18.4 Å². The van der Waals surface area contributed by atoms with Crippen molar-refractivity contribution < 1.29 is 23.1 Å². The van der Waals surface area contributed by atoms with Gasteiger partial charge in [-0.05, 0) is 60.9 Å². The molecule has 0 heterocycles. The highest BCUT2D eigenvalue weighted by Crippen LogP contribution is 2.38. The highest BCUT2D eigenvalue weighted by molar-refractivity contribution is 6.32. The van der Waals surface area contributed by atoms with Gasteiger partial charge in [0.2, 0.25) is 0 Å². The second-order valence-electron chi connectivity index (χ2n) is 8.63. The van der Waals surface area contributed by atoms with Gasteiger partial charge in [0.25, 0.3) is 5.91 Å². The molecule has 3 rings (SSSR count). The van der Waals surface area contributed by atoms with Crippen LogP contribution in [-0.4, -0.2) is 18.0 Å². The number of nitrogens with one attached hydrogen (secondary N) is 2. The predicted octanol–water partition coefficient (Wildman–Crippen LogP) is 6.42. The highest BCUT2D eigenvalue weighted by Gasteiger charge is 2.32. The van der Waals surface area contributed by atoms with Gasteiger partial charge in [-0.2, -0.15) is 0 Å². The van der Waals surface area contributed by atoms with Crippen molar-refractivity contribution in [2.24, 2.45) is 17.8 Å². The Morgan fingerprint density at radius 2 is 1.81 bits per heavy atom. The lowest BCUT2D eigenvalue weighted by Crippen LogP contribution is -2.36. The molecule has 0 spiro atoms. The molecule has 1 saturated carbocycles. The molecule has 0 aliphatic heterocycles. The van der Waals surface area contributed by atoms with Crippen molar-refractivity contribution in [1.82, 2.24) is 5.32 Å². The molecular weight excluding hydrogens is 438 g/mol. The highest BCUT2D eigenvalue weighted by atomic mass is 35.5. The first-order valence-corrected chi connectivity index (χ1v) is 11.1. The Hall–Kier alpha value is -2.67. The van der Waals surface area contributed by atoms with Gasteiger partial charge in [-0.3, -0.25) is 10.1 Å². The number of urea groups is 1. The number of carbonyl (C=O) groups is 2. The monoisotopic (exact) mass is 464 g/mol. The molecule has 2 N–H and O–H groups in total. The Balaban J connectivity index is 1.64. The molecule has 2 aromatic rings. The molecule has 1 fully saturated rings. The molecule has 3 atom stereocenters. The van der Waals surface area contributed by atoms with E-state index in [0.29, 0.717) is 34.2 Å². The molecule has 0 aromatic heterocycles. The van der Waals surface area contributed by atoms with E-state index in [1.54, 1.807) is 12.1 Å². The summed E-state index contributed by atoms with van der Waals surface area (Å²) in [6.45, 7) is 6.60. The molecule has 0 radical (unpaired) electrons. The number of amides is 3. The van der Waals surface area contributed by atoms with Crippen molar-refractivity contribution >= 4 is 29.2 Å². The first kappa shape index (κ1) is 24.0. The Morgan fingerprint density at radius 1 is 1.12 bits per heavy atom. The fraction of sp³-hybridized carbons (Fsp3) is 0.417.